The molecule has 0 spiro atoms. The van der Waals surface area contributed by atoms with Crippen molar-refractivity contribution >= 4 is 23.3 Å². The second kappa shape index (κ2) is 5.78. The lowest BCUT2D eigenvalue weighted by Gasteiger charge is -2.23. The molecule has 1 unspecified atom stereocenters. The van der Waals surface area contributed by atoms with Crippen LogP contribution >= 0.6 is 11.3 Å². The van der Waals surface area contributed by atoms with E-state index in [9.17, 15) is 9.59 Å². The Morgan fingerprint density at radius 3 is 2.60 bits per heavy atom. The van der Waals surface area contributed by atoms with Gasteiger partial charge in [0.1, 0.15) is 6.54 Å². The number of aliphatic carboxylic acids is 1. The summed E-state index contributed by atoms with van der Waals surface area (Å²) in [6.45, 7) is 5.49. The summed E-state index contributed by atoms with van der Waals surface area (Å²) in [5, 5.41) is 12.7. The largest absolute Gasteiger partial charge is 0.480 e. The first-order chi connectivity index (χ1) is 9.38. The summed E-state index contributed by atoms with van der Waals surface area (Å²) >= 11 is 1.55. The lowest BCUT2D eigenvalue weighted by atomic mass is 10.2. The van der Waals surface area contributed by atoms with E-state index in [4.69, 9.17) is 5.11 Å². The maximum absolute atomic E-state index is 12.2. The zero-order valence-corrected chi connectivity index (χ0v) is 12.7. The van der Waals surface area contributed by atoms with E-state index in [-0.39, 0.29) is 24.7 Å². The number of carboxylic acid groups (broad SMARTS) is 1. The Balaban J connectivity index is 2.02. The molecule has 1 saturated carbocycles. The van der Waals surface area contributed by atoms with Crippen LogP contribution in [0, 0.1) is 13.8 Å². The average molecular weight is 297 g/mol. The number of rotatable bonds is 5. The van der Waals surface area contributed by atoms with Gasteiger partial charge in [0.05, 0.1) is 16.7 Å². The number of nitrogens with zero attached hydrogens (tertiary/aromatic N) is 2. The van der Waals surface area contributed by atoms with E-state index in [0.29, 0.717) is 0 Å². The molecule has 1 aliphatic carbocycles. The minimum atomic E-state index is -0.982. The molecular weight excluding hydrogens is 278 g/mol. The highest BCUT2D eigenvalue weighted by atomic mass is 32.1. The van der Waals surface area contributed by atoms with E-state index in [1.54, 1.807) is 11.3 Å². The fourth-order valence-corrected chi connectivity index (χ4v) is 3.11. The molecule has 0 saturated heterocycles. The number of nitrogens with one attached hydrogen (secondary N) is 1. The van der Waals surface area contributed by atoms with Crippen molar-refractivity contribution in [3.8, 4) is 0 Å². The average Bonchev–Trinajstić information content (AvgIpc) is 3.11. The van der Waals surface area contributed by atoms with E-state index in [0.717, 1.165) is 28.4 Å². The molecule has 2 rings (SSSR count). The highest BCUT2D eigenvalue weighted by Gasteiger charge is 2.34. The van der Waals surface area contributed by atoms with Crippen LogP contribution in [-0.2, 0) is 4.79 Å². The van der Waals surface area contributed by atoms with E-state index < -0.39 is 5.97 Å². The summed E-state index contributed by atoms with van der Waals surface area (Å²) in [5.41, 5.74) is 0.913. The highest BCUT2D eigenvalue weighted by molar-refractivity contribution is 7.11. The van der Waals surface area contributed by atoms with Crippen LogP contribution < -0.4 is 5.32 Å². The van der Waals surface area contributed by atoms with Crippen molar-refractivity contribution in [2.75, 3.05) is 6.54 Å². The van der Waals surface area contributed by atoms with Crippen LogP contribution in [0.15, 0.2) is 0 Å². The third kappa shape index (κ3) is 3.47. The number of thiazole rings is 1. The first-order valence-corrected chi connectivity index (χ1v) is 7.43. The number of aromatic nitrogens is 1. The fraction of sp³-hybridized carbons (Fsp3) is 0.615. The molecule has 6 nitrogen and oxygen atoms in total. The van der Waals surface area contributed by atoms with Gasteiger partial charge in [0.15, 0.2) is 0 Å². The molecule has 0 aliphatic heterocycles. The van der Waals surface area contributed by atoms with Crippen LogP contribution in [0.4, 0.5) is 4.79 Å². The zero-order valence-electron chi connectivity index (χ0n) is 11.8. The monoisotopic (exact) mass is 297 g/mol. The van der Waals surface area contributed by atoms with Gasteiger partial charge in [-0.1, -0.05) is 0 Å². The number of amides is 2. The molecule has 20 heavy (non-hydrogen) atoms. The van der Waals surface area contributed by atoms with Crippen LogP contribution in [0.2, 0.25) is 0 Å². The van der Waals surface area contributed by atoms with Gasteiger partial charge in [-0.05, 0) is 33.6 Å². The summed E-state index contributed by atoms with van der Waals surface area (Å²) in [5.74, 6) is -0.982. The molecule has 1 aliphatic rings. The molecule has 1 fully saturated rings. The molecule has 2 N–H and O–H groups in total. The fourth-order valence-electron chi connectivity index (χ4n) is 2.18. The molecule has 110 valence electrons. The molecule has 1 aromatic heterocycles. The SMILES string of the molecule is Cc1nc(C)c(C(C)NC(=O)N(CC(=O)O)C2CC2)s1. The van der Waals surface area contributed by atoms with Crippen molar-refractivity contribution in [3.05, 3.63) is 15.6 Å². The van der Waals surface area contributed by atoms with Crippen LogP contribution in [0.3, 0.4) is 0 Å². The minimum Gasteiger partial charge on any atom is -0.480 e. The Morgan fingerprint density at radius 1 is 1.50 bits per heavy atom. The molecule has 1 atom stereocenters. The number of hydrogen-bond donors (Lipinski definition) is 2. The van der Waals surface area contributed by atoms with Crippen LogP contribution in [0.1, 0.15) is 41.4 Å². The second-order valence-corrected chi connectivity index (χ2v) is 6.34. The number of carboxylic acids is 1. The van der Waals surface area contributed by atoms with Gasteiger partial charge in [-0.15, -0.1) is 11.3 Å². The number of carbonyl (C=O) groups is 2. The molecule has 1 heterocycles. The van der Waals surface area contributed by atoms with Gasteiger partial charge >= 0.3 is 12.0 Å². The highest BCUT2D eigenvalue weighted by Crippen LogP contribution is 2.28. The Kier molecular flexibility index (Phi) is 4.27. The zero-order chi connectivity index (χ0) is 14.9. The van der Waals surface area contributed by atoms with Gasteiger partial charge < -0.3 is 15.3 Å². The van der Waals surface area contributed by atoms with E-state index >= 15 is 0 Å². The molecule has 1 aromatic rings. The quantitative estimate of drug-likeness (QED) is 0.871. The lowest BCUT2D eigenvalue weighted by Crippen LogP contribution is -2.44. The van der Waals surface area contributed by atoms with Gasteiger partial charge in [-0.2, -0.15) is 0 Å². The molecule has 2 amide bonds. The summed E-state index contributed by atoms with van der Waals surface area (Å²) in [6.07, 6.45) is 1.77. The third-order valence-corrected chi connectivity index (χ3v) is 4.48. The molecule has 0 radical (unpaired) electrons. The van der Waals surface area contributed by atoms with Gasteiger partial charge in [0.2, 0.25) is 0 Å². The second-order valence-electron chi connectivity index (χ2n) is 5.11. The van der Waals surface area contributed by atoms with Crippen molar-refractivity contribution in [1.82, 2.24) is 15.2 Å². The van der Waals surface area contributed by atoms with Crippen LogP contribution in [0.5, 0.6) is 0 Å². The Hall–Kier alpha value is -1.63. The third-order valence-electron chi connectivity index (χ3n) is 3.23. The number of carbonyl (C=O) groups excluding carboxylic acids is 1. The Labute approximate surface area is 121 Å². The first kappa shape index (κ1) is 14.8. The Morgan fingerprint density at radius 2 is 2.15 bits per heavy atom. The van der Waals surface area contributed by atoms with Crippen molar-refractivity contribution in [2.24, 2.45) is 0 Å². The summed E-state index contributed by atoms with van der Waals surface area (Å²) in [4.78, 5) is 29.8. The molecule has 7 heteroatoms. The first-order valence-electron chi connectivity index (χ1n) is 6.61. The number of hydrogen-bond acceptors (Lipinski definition) is 4. The van der Waals surface area contributed by atoms with Crippen molar-refractivity contribution in [2.45, 2.75) is 45.7 Å². The molecule has 0 aromatic carbocycles. The Bertz CT molecular complexity index is 525. The maximum Gasteiger partial charge on any atom is 0.323 e. The van der Waals surface area contributed by atoms with Crippen LogP contribution in [0.25, 0.3) is 0 Å². The van der Waals surface area contributed by atoms with E-state index in [1.165, 1.54) is 4.90 Å². The maximum atomic E-state index is 12.2. The van der Waals surface area contributed by atoms with E-state index in [1.807, 2.05) is 20.8 Å². The standard InChI is InChI=1S/C13H19N3O3S/c1-7-12(20-9(3)14-7)8(2)15-13(19)16(6-11(17)18)10-4-5-10/h8,10H,4-6H2,1-3H3,(H,15,19)(H,17,18). The molecule has 0 bridgehead atoms. The number of urea groups is 1. The van der Waals surface area contributed by atoms with Crippen molar-refractivity contribution < 1.29 is 14.7 Å². The van der Waals surface area contributed by atoms with E-state index in [2.05, 4.69) is 10.3 Å². The summed E-state index contributed by atoms with van der Waals surface area (Å²) in [6, 6.07) is -0.404. The summed E-state index contributed by atoms with van der Waals surface area (Å²) < 4.78 is 0. The minimum absolute atomic E-state index is 0.0718. The van der Waals surface area contributed by atoms with Crippen molar-refractivity contribution in [3.63, 3.8) is 0 Å². The number of aryl methyl sites for hydroxylation is 2. The van der Waals surface area contributed by atoms with Gasteiger partial charge in [-0.25, -0.2) is 9.78 Å². The normalized spacial score (nSPS) is 15.8. The topological polar surface area (TPSA) is 82.5 Å². The van der Waals surface area contributed by atoms with Crippen LogP contribution in [-0.4, -0.2) is 39.6 Å². The van der Waals surface area contributed by atoms with Gasteiger partial charge in [0.25, 0.3) is 0 Å². The van der Waals surface area contributed by atoms with Gasteiger partial charge in [-0.3, -0.25) is 4.79 Å². The molecular formula is C13H19N3O3S. The summed E-state index contributed by atoms with van der Waals surface area (Å²) in [7, 11) is 0. The van der Waals surface area contributed by atoms with Crippen molar-refractivity contribution in [1.29, 1.82) is 0 Å². The lowest BCUT2D eigenvalue weighted by molar-refractivity contribution is -0.137. The predicted molar refractivity (Wildman–Crippen MR) is 75.9 cm³/mol. The smallest absolute Gasteiger partial charge is 0.323 e. The van der Waals surface area contributed by atoms with Gasteiger partial charge in [0, 0.05) is 10.9 Å². The predicted octanol–water partition coefficient (Wildman–Crippen LogP) is 2.08.